The topological polar surface area (TPSA) is 82.5 Å². The molecule has 2 heterocycles. The van der Waals surface area contributed by atoms with Gasteiger partial charge in [0.05, 0.1) is 17.7 Å². The molecular formula is C14H18FN3O3. The van der Waals surface area contributed by atoms with E-state index in [1.807, 2.05) is 0 Å². The summed E-state index contributed by atoms with van der Waals surface area (Å²) in [6.45, 7) is 3.91. The van der Waals surface area contributed by atoms with Gasteiger partial charge in [-0.3, -0.25) is 9.78 Å². The number of halogens is 1. The van der Waals surface area contributed by atoms with E-state index in [4.69, 9.17) is 5.11 Å². The molecular weight excluding hydrogens is 277 g/mol. The predicted molar refractivity (Wildman–Crippen MR) is 73.1 cm³/mol. The van der Waals surface area contributed by atoms with E-state index in [-0.39, 0.29) is 12.6 Å². The fourth-order valence-electron chi connectivity index (χ4n) is 2.33. The number of carbonyl (C=O) groups is 2. The van der Waals surface area contributed by atoms with Gasteiger partial charge in [-0.15, -0.1) is 0 Å². The molecule has 1 fully saturated rings. The van der Waals surface area contributed by atoms with Gasteiger partial charge < -0.3 is 15.3 Å². The molecule has 0 bridgehead atoms. The lowest BCUT2D eigenvalue weighted by Crippen LogP contribution is -2.41. The zero-order valence-electron chi connectivity index (χ0n) is 12.0. The van der Waals surface area contributed by atoms with E-state index >= 15 is 0 Å². The van der Waals surface area contributed by atoms with E-state index in [9.17, 15) is 14.0 Å². The number of carbonyl (C=O) groups excluding carboxylic acids is 1. The Labute approximate surface area is 122 Å². The number of nitrogens with zero attached hydrogens (tertiary/aromatic N) is 2. The zero-order chi connectivity index (χ0) is 15.6. The molecule has 6 nitrogen and oxygen atoms in total. The summed E-state index contributed by atoms with van der Waals surface area (Å²) >= 11 is 0. The van der Waals surface area contributed by atoms with E-state index in [1.165, 1.54) is 17.2 Å². The number of hydrogen-bond acceptors (Lipinski definition) is 3. The molecule has 7 heteroatoms. The average Bonchev–Trinajstić information content (AvgIpc) is 2.83. The van der Waals surface area contributed by atoms with Gasteiger partial charge in [-0.25, -0.2) is 9.18 Å². The van der Waals surface area contributed by atoms with Crippen LogP contribution in [0.5, 0.6) is 0 Å². The molecule has 1 saturated heterocycles. The Kier molecular flexibility index (Phi) is 4.11. The van der Waals surface area contributed by atoms with Crippen molar-refractivity contribution in [1.29, 1.82) is 0 Å². The summed E-state index contributed by atoms with van der Waals surface area (Å²) in [5.41, 5.74) is -0.343. The van der Waals surface area contributed by atoms with Crippen molar-refractivity contribution in [3.8, 4) is 0 Å². The number of carboxylic acid groups (broad SMARTS) is 1. The molecule has 0 aliphatic carbocycles. The molecule has 2 amide bonds. The van der Waals surface area contributed by atoms with Crippen LogP contribution in [0.2, 0.25) is 0 Å². The van der Waals surface area contributed by atoms with Crippen LogP contribution in [-0.4, -0.2) is 40.1 Å². The number of rotatable bonds is 3. The normalized spacial score (nSPS) is 22.9. The number of likely N-dealkylation sites (tertiary alicyclic amines) is 1. The van der Waals surface area contributed by atoms with Crippen LogP contribution >= 0.6 is 0 Å². The van der Waals surface area contributed by atoms with Crippen LogP contribution in [0.3, 0.4) is 0 Å². The summed E-state index contributed by atoms with van der Waals surface area (Å²) in [6, 6.07) is 0.553. The van der Waals surface area contributed by atoms with Crippen LogP contribution in [-0.2, 0) is 4.79 Å². The SMILES string of the molecule is CC(NC(=O)N1CCC(C)(C(=O)O)C1)c1cncc(F)c1. The summed E-state index contributed by atoms with van der Waals surface area (Å²) in [5.74, 6) is -1.37. The largest absolute Gasteiger partial charge is 0.481 e. The minimum absolute atomic E-state index is 0.169. The molecule has 0 saturated carbocycles. The molecule has 1 aliphatic heterocycles. The van der Waals surface area contributed by atoms with Crippen molar-refractivity contribution in [2.45, 2.75) is 26.3 Å². The zero-order valence-corrected chi connectivity index (χ0v) is 12.0. The Bertz CT molecular complexity index is 566. The van der Waals surface area contributed by atoms with Gasteiger partial charge in [-0.1, -0.05) is 0 Å². The number of aliphatic carboxylic acids is 1. The summed E-state index contributed by atoms with van der Waals surface area (Å²) < 4.78 is 13.1. The van der Waals surface area contributed by atoms with Crippen LogP contribution in [0.4, 0.5) is 9.18 Å². The highest BCUT2D eigenvalue weighted by Gasteiger charge is 2.42. The molecule has 21 heavy (non-hydrogen) atoms. The Morgan fingerprint density at radius 2 is 2.24 bits per heavy atom. The smallest absolute Gasteiger partial charge is 0.317 e. The molecule has 0 radical (unpaired) electrons. The van der Waals surface area contributed by atoms with Gasteiger partial charge in [0.25, 0.3) is 0 Å². The second-order valence-corrected chi connectivity index (χ2v) is 5.65. The minimum Gasteiger partial charge on any atom is -0.481 e. The van der Waals surface area contributed by atoms with E-state index in [0.717, 1.165) is 6.20 Å². The maximum Gasteiger partial charge on any atom is 0.317 e. The molecule has 2 N–H and O–H groups in total. The number of hydrogen-bond donors (Lipinski definition) is 2. The number of carboxylic acids is 1. The number of amides is 2. The Balaban J connectivity index is 1.98. The van der Waals surface area contributed by atoms with Gasteiger partial charge in [0, 0.05) is 19.3 Å². The lowest BCUT2D eigenvalue weighted by molar-refractivity contribution is -0.146. The standard InChI is InChI=1S/C14H18FN3O3/c1-9(10-5-11(15)7-16-6-10)17-13(21)18-4-3-14(2,8-18)12(19)20/h5-7,9H,3-4,8H2,1-2H3,(H,17,21)(H,19,20). The fraction of sp³-hybridized carbons (Fsp3) is 0.500. The molecule has 0 aromatic carbocycles. The van der Waals surface area contributed by atoms with E-state index in [0.29, 0.717) is 18.5 Å². The van der Waals surface area contributed by atoms with Crippen molar-refractivity contribution in [3.63, 3.8) is 0 Å². The third-order valence-electron chi connectivity index (χ3n) is 3.84. The number of nitrogens with one attached hydrogen (secondary N) is 1. The van der Waals surface area contributed by atoms with Crippen LogP contribution in [0, 0.1) is 11.2 Å². The first-order valence-electron chi connectivity index (χ1n) is 6.71. The van der Waals surface area contributed by atoms with Gasteiger partial charge in [0.2, 0.25) is 0 Å². The van der Waals surface area contributed by atoms with Crippen LogP contribution in [0.25, 0.3) is 0 Å². The van der Waals surface area contributed by atoms with Crippen molar-refractivity contribution in [2.75, 3.05) is 13.1 Å². The molecule has 114 valence electrons. The molecule has 1 aromatic rings. The van der Waals surface area contributed by atoms with Gasteiger partial charge in [-0.05, 0) is 31.9 Å². The first-order chi connectivity index (χ1) is 9.82. The van der Waals surface area contributed by atoms with Crippen LogP contribution in [0.15, 0.2) is 18.5 Å². The van der Waals surface area contributed by atoms with Crippen LogP contribution < -0.4 is 5.32 Å². The highest BCUT2D eigenvalue weighted by molar-refractivity contribution is 5.79. The molecule has 1 aromatic heterocycles. The second kappa shape index (κ2) is 5.67. The van der Waals surface area contributed by atoms with Crippen LogP contribution in [0.1, 0.15) is 31.9 Å². The summed E-state index contributed by atoms with van der Waals surface area (Å²) in [6.07, 6.45) is 3.00. The van der Waals surface area contributed by atoms with Crippen molar-refractivity contribution >= 4 is 12.0 Å². The predicted octanol–water partition coefficient (Wildman–Crippen LogP) is 1.79. The third-order valence-corrected chi connectivity index (χ3v) is 3.84. The number of aromatic nitrogens is 1. The first-order valence-corrected chi connectivity index (χ1v) is 6.71. The summed E-state index contributed by atoms with van der Waals surface area (Å²) in [5, 5.41) is 11.9. The highest BCUT2D eigenvalue weighted by atomic mass is 19.1. The van der Waals surface area contributed by atoms with Crippen molar-refractivity contribution < 1.29 is 19.1 Å². The van der Waals surface area contributed by atoms with Gasteiger partial charge in [-0.2, -0.15) is 0 Å². The first kappa shape index (κ1) is 15.2. The van der Waals surface area contributed by atoms with Gasteiger partial charge >= 0.3 is 12.0 Å². The maximum absolute atomic E-state index is 13.1. The monoisotopic (exact) mass is 295 g/mol. The molecule has 0 spiro atoms. The number of urea groups is 1. The Morgan fingerprint density at radius 1 is 1.52 bits per heavy atom. The van der Waals surface area contributed by atoms with Crippen molar-refractivity contribution in [2.24, 2.45) is 5.41 Å². The van der Waals surface area contributed by atoms with E-state index < -0.39 is 23.2 Å². The van der Waals surface area contributed by atoms with E-state index in [2.05, 4.69) is 10.3 Å². The Hall–Kier alpha value is -2.18. The minimum atomic E-state index is -0.903. The molecule has 2 unspecified atom stereocenters. The molecule has 1 aliphatic rings. The summed E-state index contributed by atoms with van der Waals surface area (Å²) in [7, 11) is 0. The van der Waals surface area contributed by atoms with Crippen molar-refractivity contribution in [3.05, 3.63) is 29.8 Å². The highest BCUT2D eigenvalue weighted by Crippen LogP contribution is 2.30. The number of pyridine rings is 1. The lowest BCUT2D eigenvalue weighted by Gasteiger charge is -2.23. The molecule has 2 rings (SSSR count). The maximum atomic E-state index is 13.1. The van der Waals surface area contributed by atoms with Gasteiger partial charge in [0.15, 0.2) is 0 Å². The van der Waals surface area contributed by atoms with Crippen molar-refractivity contribution in [1.82, 2.24) is 15.2 Å². The third kappa shape index (κ3) is 3.29. The average molecular weight is 295 g/mol. The van der Waals surface area contributed by atoms with Gasteiger partial charge in [0.1, 0.15) is 5.82 Å². The lowest BCUT2D eigenvalue weighted by atomic mass is 9.90. The second-order valence-electron chi connectivity index (χ2n) is 5.65. The molecule has 2 atom stereocenters. The Morgan fingerprint density at radius 3 is 2.81 bits per heavy atom. The summed E-state index contributed by atoms with van der Waals surface area (Å²) in [4.78, 5) is 28.5. The van der Waals surface area contributed by atoms with E-state index in [1.54, 1.807) is 13.8 Å². The fourth-order valence-corrected chi connectivity index (χ4v) is 2.33. The quantitative estimate of drug-likeness (QED) is 0.890.